The Bertz CT molecular complexity index is 627. The molecule has 0 aromatic heterocycles. The molecule has 2 aliphatic rings. The zero-order valence-corrected chi connectivity index (χ0v) is 11.6. The van der Waals surface area contributed by atoms with E-state index in [1.807, 2.05) is 0 Å². The molecule has 1 aromatic rings. The zero-order valence-electron chi connectivity index (χ0n) is 10.8. The minimum Gasteiger partial charge on any atom is -0.316 e. The van der Waals surface area contributed by atoms with E-state index in [0.29, 0.717) is 13.1 Å². The topological polar surface area (TPSA) is 92.5 Å². The van der Waals surface area contributed by atoms with Gasteiger partial charge >= 0.3 is 0 Å². The van der Waals surface area contributed by atoms with Gasteiger partial charge in [-0.1, -0.05) is 0 Å². The van der Waals surface area contributed by atoms with Crippen LogP contribution in [0.15, 0.2) is 29.2 Å². The molecule has 2 heterocycles. The van der Waals surface area contributed by atoms with Crippen LogP contribution in [0.5, 0.6) is 0 Å². The van der Waals surface area contributed by atoms with Gasteiger partial charge in [0.2, 0.25) is 10.0 Å². The highest BCUT2D eigenvalue weighted by atomic mass is 32.2. The third-order valence-corrected chi connectivity index (χ3v) is 5.85. The van der Waals surface area contributed by atoms with E-state index in [4.69, 9.17) is 0 Å². The van der Waals surface area contributed by atoms with Crippen molar-refractivity contribution in [3.63, 3.8) is 0 Å². The Morgan fingerprint density at radius 1 is 1.25 bits per heavy atom. The first-order chi connectivity index (χ1) is 9.43. The normalized spacial score (nSPS) is 21.8. The number of non-ortho nitro benzene ring substituents is 1. The maximum atomic E-state index is 12.4. The van der Waals surface area contributed by atoms with Gasteiger partial charge in [-0.3, -0.25) is 10.1 Å². The van der Waals surface area contributed by atoms with Crippen LogP contribution in [0.3, 0.4) is 0 Å². The molecule has 20 heavy (non-hydrogen) atoms. The summed E-state index contributed by atoms with van der Waals surface area (Å²) >= 11 is 0. The van der Waals surface area contributed by atoms with Crippen LogP contribution in [0.4, 0.5) is 5.69 Å². The average molecular weight is 297 g/mol. The molecule has 0 aliphatic carbocycles. The third-order valence-electron chi connectivity index (χ3n) is 4.04. The Labute approximate surface area is 116 Å². The first kappa shape index (κ1) is 13.5. The molecule has 0 bridgehead atoms. The van der Waals surface area contributed by atoms with Crippen LogP contribution < -0.4 is 5.32 Å². The monoisotopic (exact) mass is 297 g/mol. The van der Waals surface area contributed by atoms with Gasteiger partial charge in [0.1, 0.15) is 0 Å². The molecule has 2 saturated heterocycles. The molecule has 2 aliphatic heterocycles. The predicted molar refractivity (Wildman–Crippen MR) is 71.8 cm³/mol. The fraction of sp³-hybridized carbons (Fsp3) is 0.500. The number of hydrogen-bond donors (Lipinski definition) is 1. The summed E-state index contributed by atoms with van der Waals surface area (Å²) in [5.41, 5.74) is -0.0163. The maximum absolute atomic E-state index is 12.4. The predicted octanol–water partition coefficient (Wildman–Crippen LogP) is 0.579. The van der Waals surface area contributed by atoms with Crippen molar-refractivity contribution in [3.05, 3.63) is 34.4 Å². The fourth-order valence-corrected chi connectivity index (χ4v) is 4.49. The summed E-state index contributed by atoms with van der Waals surface area (Å²) in [7, 11) is -3.53. The molecule has 7 nitrogen and oxygen atoms in total. The van der Waals surface area contributed by atoms with Crippen molar-refractivity contribution in [1.29, 1.82) is 0 Å². The van der Waals surface area contributed by atoms with E-state index in [1.165, 1.54) is 28.6 Å². The van der Waals surface area contributed by atoms with Gasteiger partial charge in [-0.25, -0.2) is 8.42 Å². The molecule has 1 N–H and O–H groups in total. The van der Waals surface area contributed by atoms with Crippen molar-refractivity contribution in [1.82, 2.24) is 9.62 Å². The molecule has 0 unspecified atom stereocenters. The van der Waals surface area contributed by atoms with E-state index in [0.717, 1.165) is 19.5 Å². The van der Waals surface area contributed by atoms with Crippen molar-refractivity contribution in [2.75, 3.05) is 26.2 Å². The van der Waals surface area contributed by atoms with Gasteiger partial charge in [-0.15, -0.1) is 0 Å². The van der Waals surface area contributed by atoms with Crippen molar-refractivity contribution in [2.45, 2.75) is 11.3 Å². The second kappa shape index (κ2) is 4.51. The van der Waals surface area contributed by atoms with Crippen molar-refractivity contribution in [3.8, 4) is 0 Å². The van der Waals surface area contributed by atoms with Gasteiger partial charge in [0.25, 0.3) is 5.69 Å². The lowest BCUT2D eigenvalue weighted by Crippen LogP contribution is -2.59. The molecule has 0 amide bonds. The third kappa shape index (κ3) is 2.09. The molecule has 0 atom stereocenters. The minimum atomic E-state index is -3.53. The van der Waals surface area contributed by atoms with E-state index < -0.39 is 14.9 Å². The summed E-state index contributed by atoms with van der Waals surface area (Å²) in [6.45, 7) is 2.85. The van der Waals surface area contributed by atoms with Crippen LogP contribution in [0.25, 0.3) is 0 Å². The first-order valence-corrected chi connectivity index (χ1v) is 7.82. The van der Waals surface area contributed by atoms with Crippen LogP contribution in [0.2, 0.25) is 0 Å². The summed E-state index contributed by atoms with van der Waals surface area (Å²) < 4.78 is 26.2. The van der Waals surface area contributed by atoms with Gasteiger partial charge < -0.3 is 5.32 Å². The second-order valence-corrected chi connectivity index (χ2v) is 7.39. The van der Waals surface area contributed by atoms with Crippen LogP contribution >= 0.6 is 0 Å². The summed E-state index contributed by atoms with van der Waals surface area (Å²) in [5.74, 6) is 0. The standard InChI is InChI=1S/C12H15N3O4S/c16-15(17)10-1-3-11(4-2-10)20(18,19)14-8-12(9-14)5-6-13-7-12/h1-4,13H,5-9H2. The van der Waals surface area contributed by atoms with E-state index >= 15 is 0 Å². The summed E-state index contributed by atoms with van der Waals surface area (Å²) in [4.78, 5) is 10.1. The van der Waals surface area contributed by atoms with Crippen LogP contribution in [-0.2, 0) is 10.0 Å². The first-order valence-electron chi connectivity index (χ1n) is 6.38. The quantitative estimate of drug-likeness (QED) is 0.650. The molecule has 3 rings (SSSR count). The number of nitro groups is 1. The van der Waals surface area contributed by atoms with Gasteiger partial charge in [0, 0.05) is 37.2 Å². The number of nitrogens with one attached hydrogen (secondary N) is 1. The summed E-state index contributed by atoms with van der Waals surface area (Å²) in [6, 6.07) is 5.04. The molecule has 108 valence electrons. The Balaban J connectivity index is 1.77. The smallest absolute Gasteiger partial charge is 0.269 e. The highest BCUT2D eigenvalue weighted by molar-refractivity contribution is 7.89. The van der Waals surface area contributed by atoms with Crippen molar-refractivity contribution < 1.29 is 13.3 Å². The molecular formula is C12H15N3O4S. The molecule has 2 fully saturated rings. The highest BCUT2D eigenvalue weighted by Crippen LogP contribution is 2.39. The Kier molecular flexibility index (Phi) is 3.03. The fourth-order valence-electron chi connectivity index (χ4n) is 2.83. The van der Waals surface area contributed by atoms with Gasteiger partial charge in [-0.2, -0.15) is 4.31 Å². The molecule has 8 heteroatoms. The molecule has 1 spiro atoms. The van der Waals surface area contributed by atoms with E-state index in [1.54, 1.807) is 0 Å². The van der Waals surface area contributed by atoms with E-state index in [9.17, 15) is 18.5 Å². The average Bonchev–Trinajstić information content (AvgIpc) is 2.86. The van der Waals surface area contributed by atoms with Crippen molar-refractivity contribution in [2.24, 2.45) is 5.41 Å². The molecular weight excluding hydrogens is 282 g/mol. The lowest BCUT2D eigenvalue weighted by Gasteiger charge is -2.46. The Hall–Kier alpha value is -1.51. The van der Waals surface area contributed by atoms with Crippen LogP contribution in [0, 0.1) is 15.5 Å². The number of nitro benzene ring substituents is 1. The van der Waals surface area contributed by atoms with Gasteiger partial charge in [0.05, 0.1) is 9.82 Å². The summed E-state index contributed by atoms with van der Waals surface area (Å²) in [5, 5.41) is 13.8. The van der Waals surface area contributed by atoms with Gasteiger partial charge in [0.15, 0.2) is 0 Å². The number of hydrogen-bond acceptors (Lipinski definition) is 5. The molecule has 0 saturated carbocycles. The molecule has 0 radical (unpaired) electrons. The largest absolute Gasteiger partial charge is 0.316 e. The number of sulfonamides is 1. The highest BCUT2D eigenvalue weighted by Gasteiger charge is 2.49. The van der Waals surface area contributed by atoms with Crippen LogP contribution in [0.1, 0.15) is 6.42 Å². The number of benzene rings is 1. The second-order valence-electron chi connectivity index (χ2n) is 5.45. The minimum absolute atomic E-state index is 0.0911. The SMILES string of the molecule is O=[N+]([O-])c1ccc(S(=O)(=O)N2CC3(CCNC3)C2)cc1. The number of rotatable bonds is 3. The lowest BCUT2D eigenvalue weighted by molar-refractivity contribution is -0.384. The number of nitrogens with zero attached hydrogens (tertiary/aromatic N) is 2. The Morgan fingerprint density at radius 2 is 1.90 bits per heavy atom. The van der Waals surface area contributed by atoms with Gasteiger partial charge in [-0.05, 0) is 25.1 Å². The Morgan fingerprint density at radius 3 is 2.40 bits per heavy atom. The van der Waals surface area contributed by atoms with Crippen molar-refractivity contribution >= 4 is 15.7 Å². The van der Waals surface area contributed by atoms with E-state index in [2.05, 4.69) is 5.32 Å². The zero-order chi connectivity index (χ0) is 14.4. The molecule has 1 aromatic carbocycles. The van der Waals surface area contributed by atoms with E-state index in [-0.39, 0.29) is 16.0 Å². The lowest BCUT2D eigenvalue weighted by atomic mass is 9.81. The van der Waals surface area contributed by atoms with Crippen LogP contribution in [-0.4, -0.2) is 43.8 Å². The summed E-state index contributed by atoms with van der Waals surface area (Å²) in [6.07, 6.45) is 0.999. The maximum Gasteiger partial charge on any atom is 0.269 e.